The van der Waals surface area contributed by atoms with Crippen LogP contribution in [0.3, 0.4) is 0 Å². The van der Waals surface area contributed by atoms with Gasteiger partial charge in [0.15, 0.2) is 6.79 Å². The fraction of sp³-hybridized carbons (Fsp3) is 0.778. The second kappa shape index (κ2) is 3.38. The maximum Gasteiger partial charge on any atom is 0.332 e. The van der Waals surface area contributed by atoms with E-state index in [0.717, 1.165) is 0 Å². The van der Waals surface area contributed by atoms with Crippen LogP contribution in [0.5, 0.6) is 0 Å². The quantitative estimate of drug-likeness (QED) is 0.409. The molecule has 15 heavy (non-hydrogen) atoms. The summed E-state index contributed by atoms with van der Waals surface area (Å²) >= 11 is 1.61. The highest BCUT2D eigenvalue weighted by Gasteiger charge is 2.59. The van der Waals surface area contributed by atoms with Crippen LogP contribution in [0.25, 0.3) is 0 Å². The molecule has 2 fully saturated rings. The fourth-order valence-electron chi connectivity index (χ4n) is 2.10. The molecule has 6 heteroatoms. The zero-order valence-electron chi connectivity index (χ0n) is 8.60. The van der Waals surface area contributed by atoms with E-state index in [0.29, 0.717) is 6.42 Å². The smallest absolute Gasteiger partial charge is 0.332 e. The van der Waals surface area contributed by atoms with Gasteiger partial charge in [-0.3, -0.25) is 4.79 Å². The van der Waals surface area contributed by atoms with Gasteiger partial charge in [0.2, 0.25) is 5.91 Å². The van der Waals surface area contributed by atoms with Crippen LogP contribution in [-0.4, -0.2) is 44.8 Å². The number of thioether (sulfide) groups is 1. The first-order valence-electron chi connectivity index (χ1n) is 4.74. The van der Waals surface area contributed by atoms with Crippen molar-refractivity contribution < 1.29 is 19.4 Å². The Balaban J connectivity index is 2.19. The van der Waals surface area contributed by atoms with E-state index in [1.54, 1.807) is 16.7 Å². The van der Waals surface area contributed by atoms with Crippen LogP contribution in [0.2, 0.25) is 0 Å². The Morgan fingerprint density at radius 2 is 2.40 bits per heavy atom. The number of carbonyl (C=O) groups excluding carboxylic acids is 2. The Morgan fingerprint density at radius 3 is 2.93 bits per heavy atom. The van der Waals surface area contributed by atoms with Crippen LogP contribution in [0.15, 0.2) is 0 Å². The summed E-state index contributed by atoms with van der Waals surface area (Å²) in [6.07, 6.45) is 0.497. The Hall–Kier alpha value is -0.750. The lowest BCUT2D eigenvalue weighted by molar-refractivity contribution is -0.167. The molecule has 1 N–H and O–H groups in total. The highest BCUT2D eigenvalue weighted by atomic mass is 32.2. The number of rotatable bonds is 2. The highest BCUT2D eigenvalue weighted by Crippen LogP contribution is 2.50. The number of aliphatic hydroxyl groups excluding tert-OH is 1. The van der Waals surface area contributed by atoms with Gasteiger partial charge < -0.3 is 14.7 Å². The summed E-state index contributed by atoms with van der Waals surface area (Å²) in [7, 11) is 0. The first-order chi connectivity index (χ1) is 6.97. The lowest BCUT2D eigenvalue weighted by Crippen LogP contribution is -2.57. The summed E-state index contributed by atoms with van der Waals surface area (Å²) in [6, 6.07) is -0.569. The van der Waals surface area contributed by atoms with Gasteiger partial charge >= 0.3 is 5.97 Å². The van der Waals surface area contributed by atoms with Gasteiger partial charge in [0.05, 0.1) is 11.8 Å². The van der Waals surface area contributed by atoms with Crippen LogP contribution < -0.4 is 0 Å². The van der Waals surface area contributed by atoms with Gasteiger partial charge in [-0.1, -0.05) is 0 Å². The minimum absolute atomic E-state index is 0.0158. The van der Waals surface area contributed by atoms with E-state index >= 15 is 0 Å². The van der Waals surface area contributed by atoms with Gasteiger partial charge in [0.25, 0.3) is 0 Å². The number of ether oxygens (including phenoxy) is 1. The van der Waals surface area contributed by atoms with Gasteiger partial charge in [0.1, 0.15) is 6.04 Å². The zero-order chi connectivity index (χ0) is 11.2. The molecule has 0 aromatic heterocycles. The zero-order valence-corrected chi connectivity index (χ0v) is 9.41. The first kappa shape index (κ1) is 10.8. The van der Waals surface area contributed by atoms with E-state index in [1.165, 1.54) is 0 Å². The molecule has 0 unspecified atom stereocenters. The minimum Gasteiger partial charge on any atom is -0.437 e. The van der Waals surface area contributed by atoms with Crippen molar-refractivity contribution in [2.24, 2.45) is 0 Å². The average Bonchev–Trinajstić information content (AvgIpc) is 2.33. The summed E-state index contributed by atoms with van der Waals surface area (Å²) < 4.78 is 4.23. The highest BCUT2D eigenvalue weighted by molar-refractivity contribution is 8.01. The van der Waals surface area contributed by atoms with Crippen LogP contribution in [0.4, 0.5) is 0 Å². The molecule has 0 saturated carbocycles. The van der Waals surface area contributed by atoms with Gasteiger partial charge in [-0.25, -0.2) is 4.79 Å². The normalized spacial score (nSPS) is 32.2. The molecule has 84 valence electrons. The van der Waals surface area contributed by atoms with Gasteiger partial charge in [0, 0.05) is 4.75 Å². The number of aliphatic hydroxyl groups is 1. The van der Waals surface area contributed by atoms with Crippen molar-refractivity contribution in [3.05, 3.63) is 0 Å². The van der Waals surface area contributed by atoms with E-state index in [4.69, 9.17) is 5.11 Å². The average molecular weight is 231 g/mol. The van der Waals surface area contributed by atoms with Gasteiger partial charge in [-0.05, 0) is 13.8 Å². The first-order valence-corrected chi connectivity index (χ1v) is 5.62. The molecular weight excluding hydrogens is 218 g/mol. The predicted molar refractivity (Wildman–Crippen MR) is 53.9 cm³/mol. The third-order valence-corrected chi connectivity index (χ3v) is 4.25. The Labute approximate surface area is 91.8 Å². The summed E-state index contributed by atoms with van der Waals surface area (Å²) in [4.78, 5) is 24.5. The van der Waals surface area contributed by atoms with Crippen molar-refractivity contribution >= 4 is 23.6 Å². The molecule has 0 aromatic carbocycles. The second-order valence-electron chi connectivity index (χ2n) is 4.18. The lowest BCUT2D eigenvalue weighted by atomic mass is 9.98. The molecule has 0 bridgehead atoms. The largest absolute Gasteiger partial charge is 0.437 e. The molecule has 5 nitrogen and oxygen atoms in total. The van der Waals surface area contributed by atoms with Crippen LogP contribution >= 0.6 is 11.8 Å². The lowest BCUT2D eigenvalue weighted by Gasteiger charge is -2.37. The molecule has 0 spiro atoms. The number of hydrogen-bond donors (Lipinski definition) is 1. The minimum atomic E-state index is -0.636. The molecular formula is C9H13NO4S. The van der Waals surface area contributed by atoms with Gasteiger partial charge in [-0.15, -0.1) is 11.8 Å². The molecule has 1 amide bonds. The monoisotopic (exact) mass is 231 g/mol. The third-order valence-electron chi connectivity index (χ3n) is 2.75. The number of nitrogens with zero attached hydrogens (tertiary/aromatic N) is 1. The van der Waals surface area contributed by atoms with E-state index in [9.17, 15) is 9.59 Å². The Bertz CT molecular complexity index is 317. The standard InChI is InChI=1S/C9H13NO4S/c1-9(2)7(8(13)14-4-11)10-5(12)3-6(10)15-9/h6-7,11H,3-4H2,1-2H3/t6-,7+/m1/s1. The molecule has 0 aliphatic carbocycles. The maximum absolute atomic E-state index is 11.6. The Kier molecular flexibility index (Phi) is 2.42. The number of esters is 1. The second-order valence-corrected chi connectivity index (χ2v) is 6.01. The van der Waals surface area contributed by atoms with E-state index in [1.807, 2.05) is 13.8 Å². The molecule has 2 aliphatic heterocycles. The van der Waals surface area contributed by atoms with Crippen molar-refractivity contribution in [3.63, 3.8) is 0 Å². The predicted octanol–water partition coefficient (Wildman–Crippen LogP) is -0.0682. The summed E-state index contributed by atoms with van der Waals surface area (Å²) in [6.45, 7) is 3.18. The van der Waals surface area contributed by atoms with Gasteiger partial charge in [-0.2, -0.15) is 0 Å². The van der Waals surface area contributed by atoms with Crippen LogP contribution in [0.1, 0.15) is 20.3 Å². The number of β-lactam (4-membered cyclic amide) rings is 1. The number of hydrogen-bond acceptors (Lipinski definition) is 5. The van der Waals surface area contributed by atoms with E-state index in [-0.39, 0.29) is 16.0 Å². The number of amides is 1. The van der Waals surface area contributed by atoms with Crippen molar-refractivity contribution in [2.75, 3.05) is 6.79 Å². The fourth-order valence-corrected chi connectivity index (χ4v) is 3.72. The topological polar surface area (TPSA) is 66.8 Å². The Morgan fingerprint density at radius 1 is 1.73 bits per heavy atom. The maximum atomic E-state index is 11.6. The molecule has 2 saturated heterocycles. The molecule has 2 rings (SSSR count). The van der Waals surface area contributed by atoms with E-state index < -0.39 is 18.8 Å². The summed E-state index contributed by atoms with van der Waals surface area (Å²) in [5.74, 6) is -0.538. The summed E-state index contributed by atoms with van der Waals surface area (Å²) in [5, 5.41) is 8.65. The number of fused-ring (bicyclic) bond motifs is 1. The molecule has 2 heterocycles. The van der Waals surface area contributed by atoms with Crippen molar-refractivity contribution in [3.8, 4) is 0 Å². The van der Waals surface area contributed by atoms with Crippen molar-refractivity contribution in [1.29, 1.82) is 0 Å². The van der Waals surface area contributed by atoms with Crippen molar-refractivity contribution in [2.45, 2.75) is 36.4 Å². The van der Waals surface area contributed by atoms with Crippen LogP contribution in [-0.2, 0) is 14.3 Å². The molecule has 0 radical (unpaired) electrons. The third kappa shape index (κ3) is 1.52. The van der Waals surface area contributed by atoms with Crippen molar-refractivity contribution in [1.82, 2.24) is 4.90 Å². The SMILES string of the molecule is CC1(C)S[C@@H]2CC(=O)N2[C@H]1C(=O)OCO. The summed E-state index contributed by atoms with van der Waals surface area (Å²) in [5.41, 5.74) is 0. The number of carbonyl (C=O) groups is 2. The molecule has 2 atom stereocenters. The molecule has 2 aliphatic rings. The molecule has 0 aromatic rings. The van der Waals surface area contributed by atoms with E-state index in [2.05, 4.69) is 4.74 Å². The van der Waals surface area contributed by atoms with Crippen LogP contribution in [0, 0.1) is 0 Å².